The highest BCUT2D eigenvalue weighted by atomic mass is 32.2. The Morgan fingerprint density at radius 1 is 0.882 bits per heavy atom. The molecule has 3 unspecified atom stereocenters. The summed E-state index contributed by atoms with van der Waals surface area (Å²) < 4.78 is 136. The normalized spacial score (nSPS) is 31.6. The van der Waals surface area contributed by atoms with Gasteiger partial charge in [-0.05, 0) is 12.8 Å². The smallest absolute Gasteiger partial charge is 0.273 e. The van der Waals surface area contributed by atoms with Gasteiger partial charge in [0.15, 0.2) is 6.61 Å². The third-order valence-electron chi connectivity index (χ3n) is 4.50. The average Bonchev–Trinajstić information content (AvgIpc) is 2.71. The standard InChI is InChI=1S/C5H7F3O3S.C5H6FNO3S.C5H9FO3S.CH4/c6-5(7,8)4-1-2-12(9,10)11-3-4;1-7-5(6)2-3-11(8,9)10-4-5;6-3-5-1-2-10(7,8)9-4-5;/h4H,1-3H2;2-4H2;5H,1-4H2;1H4. The molecular formula is C16H26F5NO9S3. The maximum Gasteiger partial charge on any atom is 0.395 e. The van der Waals surface area contributed by atoms with Gasteiger partial charge in [-0.3, -0.25) is 21.8 Å². The third-order valence-corrected chi connectivity index (χ3v) is 8.14. The van der Waals surface area contributed by atoms with E-state index in [0.717, 1.165) is 0 Å². The lowest BCUT2D eigenvalue weighted by molar-refractivity contribution is -0.183. The van der Waals surface area contributed by atoms with Gasteiger partial charge in [0.05, 0.1) is 49.5 Å². The quantitative estimate of drug-likeness (QED) is 0.202. The molecule has 3 aliphatic rings. The molecule has 0 saturated carbocycles. The maximum atomic E-state index is 12.9. The zero-order valence-corrected chi connectivity index (χ0v) is 19.4. The van der Waals surface area contributed by atoms with Gasteiger partial charge >= 0.3 is 12.0 Å². The van der Waals surface area contributed by atoms with Crippen LogP contribution in [0.1, 0.15) is 26.7 Å². The third kappa shape index (κ3) is 12.0. The Balaban J connectivity index is 0.000000475. The van der Waals surface area contributed by atoms with Crippen molar-refractivity contribution >= 4 is 30.4 Å². The molecule has 18 heteroatoms. The van der Waals surface area contributed by atoms with Crippen molar-refractivity contribution in [3.8, 4) is 0 Å². The fourth-order valence-corrected chi connectivity index (χ4v) is 5.57. The minimum absolute atomic E-state index is 0. The predicted molar refractivity (Wildman–Crippen MR) is 109 cm³/mol. The first-order chi connectivity index (χ1) is 14.9. The van der Waals surface area contributed by atoms with Crippen LogP contribution >= 0.6 is 0 Å². The fraction of sp³-hybridized carbons (Fsp3) is 0.938. The Morgan fingerprint density at radius 2 is 1.38 bits per heavy atom. The molecule has 0 spiro atoms. The summed E-state index contributed by atoms with van der Waals surface area (Å²) in [5.74, 6) is -4.99. The van der Waals surface area contributed by atoms with Crippen LogP contribution in [0.5, 0.6) is 0 Å². The first-order valence-corrected chi connectivity index (χ1v) is 14.0. The number of nitrogens with zero attached hydrogens (tertiary/aromatic N) is 1. The second-order valence-corrected chi connectivity index (χ2v) is 12.5. The molecule has 0 bridgehead atoms. The van der Waals surface area contributed by atoms with Gasteiger partial charge in [-0.2, -0.15) is 42.8 Å². The van der Waals surface area contributed by atoms with Crippen LogP contribution in [-0.2, 0) is 42.9 Å². The maximum absolute atomic E-state index is 12.9. The molecule has 0 aromatic carbocycles. The molecular weight excluding hydrogens is 541 g/mol. The Labute approximate surface area is 195 Å². The lowest BCUT2D eigenvalue weighted by Gasteiger charge is -2.23. The number of halogens is 5. The van der Waals surface area contributed by atoms with Crippen LogP contribution in [-0.4, -0.2) is 81.0 Å². The summed E-state index contributed by atoms with van der Waals surface area (Å²) in [6.45, 7) is 4.48. The van der Waals surface area contributed by atoms with Crippen LogP contribution in [0.2, 0.25) is 0 Å². The second kappa shape index (κ2) is 12.7. The molecule has 202 valence electrons. The van der Waals surface area contributed by atoms with E-state index < -0.39 is 86.1 Å². The van der Waals surface area contributed by atoms with Gasteiger partial charge in [-0.1, -0.05) is 7.43 Å². The van der Waals surface area contributed by atoms with Gasteiger partial charge in [0.25, 0.3) is 30.4 Å². The molecule has 34 heavy (non-hydrogen) atoms. The number of hydrogen-bond acceptors (Lipinski definition) is 9. The van der Waals surface area contributed by atoms with Crippen molar-refractivity contribution in [3.63, 3.8) is 0 Å². The molecule has 3 rings (SSSR count). The van der Waals surface area contributed by atoms with Crippen molar-refractivity contribution in [1.29, 1.82) is 0 Å². The Morgan fingerprint density at radius 3 is 1.71 bits per heavy atom. The van der Waals surface area contributed by atoms with Crippen LogP contribution in [0.3, 0.4) is 0 Å². The molecule has 3 atom stereocenters. The topological polar surface area (TPSA) is 134 Å². The Bertz CT molecular complexity index is 966. The highest BCUT2D eigenvalue weighted by molar-refractivity contribution is 7.87. The van der Waals surface area contributed by atoms with E-state index in [1.165, 1.54) is 0 Å². The average molecular weight is 568 g/mol. The van der Waals surface area contributed by atoms with Crippen molar-refractivity contribution in [2.24, 2.45) is 11.8 Å². The van der Waals surface area contributed by atoms with Crippen molar-refractivity contribution in [2.45, 2.75) is 38.7 Å². The largest absolute Gasteiger partial charge is 0.395 e. The minimum Gasteiger partial charge on any atom is -0.273 e. The molecule has 0 N–H and O–H groups in total. The first-order valence-electron chi connectivity index (χ1n) is 9.24. The zero-order valence-electron chi connectivity index (χ0n) is 17.0. The summed E-state index contributed by atoms with van der Waals surface area (Å²) in [4.78, 5) is 2.64. The van der Waals surface area contributed by atoms with Gasteiger partial charge < -0.3 is 0 Å². The molecule has 3 saturated heterocycles. The van der Waals surface area contributed by atoms with Crippen molar-refractivity contribution in [2.75, 3.05) is 43.8 Å². The molecule has 3 fully saturated rings. The fourth-order valence-electron chi connectivity index (χ4n) is 2.33. The van der Waals surface area contributed by atoms with E-state index in [1.807, 2.05) is 0 Å². The SMILES string of the molecule is C.O=S1(=O)CCC(C(F)(F)F)CO1.O=S1(=O)CCC(CF)CO1.[C-]#[N+]C1(F)CCS(=O)(=O)OC1. The number of hydrogen-bond donors (Lipinski definition) is 0. The molecule has 3 heterocycles. The lowest BCUT2D eigenvalue weighted by Crippen LogP contribution is -2.35. The first kappa shape index (κ1) is 32.9. The van der Waals surface area contributed by atoms with E-state index in [2.05, 4.69) is 17.4 Å². The monoisotopic (exact) mass is 567 g/mol. The summed E-state index contributed by atoms with van der Waals surface area (Å²) in [6.07, 6.45) is -4.65. The van der Waals surface area contributed by atoms with E-state index in [0.29, 0.717) is 6.42 Å². The van der Waals surface area contributed by atoms with E-state index in [-0.39, 0.29) is 32.1 Å². The van der Waals surface area contributed by atoms with Crippen LogP contribution in [0, 0.1) is 18.4 Å². The summed E-state index contributed by atoms with van der Waals surface area (Å²) in [6, 6.07) is 0. The van der Waals surface area contributed by atoms with E-state index in [4.69, 9.17) is 6.57 Å². The molecule has 0 aromatic rings. The second-order valence-electron chi connectivity index (χ2n) is 7.23. The van der Waals surface area contributed by atoms with E-state index in [9.17, 15) is 47.2 Å². The molecule has 10 nitrogen and oxygen atoms in total. The highest BCUT2D eigenvalue weighted by Gasteiger charge is 2.44. The zero-order chi connectivity index (χ0) is 25.6. The summed E-state index contributed by atoms with van der Waals surface area (Å²) in [5.41, 5.74) is 0. The van der Waals surface area contributed by atoms with E-state index in [1.54, 1.807) is 0 Å². The summed E-state index contributed by atoms with van der Waals surface area (Å²) in [7, 11) is -10.5. The molecule has 0 radical (unpaired) electrons. The highest BCUT2D eigenvalue weighted by Crippen LogP contribution is 2.32. The van der Waals surface area contributed by atoms with Gasteiger partial charge in [-0.25, -0.2) is 6.57 Å². The van der Waals surface area contributed by atoms with Crippen LogP contribution in [0.4, 0.5) is 22.0 Å². The van der Waals surface area contributed by atoms with E-state index >= 15 is 0 Å². The van der Waals surface area contributed by atoms with Crippen LogP contribution in [0.15, 0.2) is 0 Å². The lowest BCUT2D eigenvalue weighted by atomic mass is 10.1. The molecule has 0 amide bonds. The minimum atomic E-state index is -4.35. The van der Waals surface area contributed by atoms with Gasteiger partial charge in [0.2, 0.25) is 0 Å². The Hall–Kier alpha value is -1.13. The van der Waals surface area contributed by atoms with Gasteiger partial charge in [-0.15, -0.1) is 0 Å². The number of alkyl halides is 5. The van der Waals surface area contributed by atoms with Crippen molar-refractivity contribution < 1.29 is 59.8 Å². The summed E-state index contributed by atoms with van der Waals surface area (Å²) >= 11 is 0. The van der Waals surface area contributed by atoms with Gasteiger partial charge in [0, 0.05) is 5.92 Å². The molecule has 3 aliphatic heterocycles. The van der Waals surface area contributed by atoms with Crippen LogP contribution in [0.25, 0.3) is 4.85 Å². The molecule has 0 aromatic heterocycles. The summed E-state index contributed by atoms with van der Waals surface area (Å²) in [5, 5.41) is 0. The van der Waals surface area contributed by atoms with Gasteiger partial charge in [0.1, 0.15) is 0 Å². The van der Waals surface area contributed by atoms with Crippen LogP contribution < -0.4 is 0 Å². The predicted octanol–water partition coefficient (Wildman–Crippen LogP) is 2.19. The Kier molecular flexibility index (Phi) is 12.3. The van der Waals surface area contributed by atoms with Crippen molar-refractivity contribution in [1.82, 2.24) is 0 Å². The number of rotatable bonds is 1. The molecule has 0 aliphatic carbocycles. The van der Waals surface area contributed by atoms with Crippen molar-refractivity contribution in [3.05, 3.63) is 11.4 Å².